The minimum absolute atomic E-state index is 0.0724. The van der Waals surface area contributed by atoms with E-state index >= 15 is 0 Å². The Bertz CT molecular complexity index is 1430. The highest BCUT2D eigenvalue weighted by molar-refractivity contribution is 6.04. The maximum atomic E-state index is 13.5. The molecule has 1 aliphatic heterocycles. The first-order chi connectivity index (χ1) is 17.5. The predicted octanol–water partition coefficient (Wildman–Crippen LogP) is 5.70. The molecule has 0 saturated carbocycles. The van der Waals surface area contributed by atoms with Crippen molar-refractivity contribution in [2.45, 2.75) is 25.4 Å². The molecule has 4 aromatic rings. The van der Waals surface area contributed by atoms with Gasteiger partial charge in [0, 0.05) is 24.0 Å². The summed E-state index contributed by atoms with van der Waals surface area (Å²) in [5, 5.41) is 32.2. The molecule has 5 rings (SSSR count). The van der Waals surface area contributed by atoms with Gasteiger partial charge in [0.2, 0.25) is 0 Å². The number of phenols is 3. The minimum atomic E-state index is -0.526. The first-order valence-electron chi connectivity index (χ1n) is 11.7. The predicted molar refractivity (Wildman–Crippen MR) is 135 cm³/mol. The molecule has 36 heavy (non-hydrogen) atoms. The maximum absolute atomic E-state index is 13.5. The summed E-state index contributed by atoms with van der Waals surface area (Å²) in [6.07, 6.45) is -0.107. The van der Waals surface area contributed by atoms with Crippen molar-refractivity contribution in [2.75, 3.05) is 7.11 Å². The van der Waals surface area contributed by atoms with Crippen LogP contribution in [-0.4, -0.2) is 28.2 Å². The molecule has 0 fully saturated rings. The topological polar surface area (TPSA) is 96.2 Å². The molecule has 0 aliphatic carbocycles. The highest BCUT2D eigenvalue weighted by atomic mass is 16.5. The van der Waals surface area contributed by atoms with E-state index < -0.39 is 6.10 Å². The third-order valence-corrected chi connectivity index (χ3v) is 6.57. The first kappa shape index (κ1) is 23.3. The van der Waals surface area contributed by atoms with Gasteiger partial charge in [-0.3, -0.25) is 4.79 Å². The summed E-state index contributed by atoms with van der Waals surface area (Å²) >= 11 is 0. The van der Waals surface area contributed by atoms with Gasteiger partial charge in [0.15, 0.2) is 5.78 Å². The zero-order valence-corrected chi connectivity index (χ0v) is 19.8. The van der Waals surface area contributed by atoms with E-state index in [1.54, 1.807) is 42.5 Å². The van der Waals surface area contributed by atoms with Gasteiger partial charge in [0.25, 0.3) is 0 Å². The number of rotatable bonds is 6. The number of fused-ring (bicyclic) bond motifs is 1. The van der Waals surface area contributed by atoms with Crippen LogP contribution in [0.1, 0.15) is 50.7 Å². The average Bonchev–Trinajstić information content (AvgIpc) is 2.89. The van der Waals surface area contributed by atoms with Crippen LogP contribution in [0.15, 0.2) is 78.9 Å². The van der Waals surface area contributed by atoms with Crippen LogP contribution in [-0.2, 0) is 12.8 Å². The van der Waals surface area contributed by atoms with E-state index in [1.807, 2.05) is 36.4 Å². The van der Waals surface area contributed by atoms with Crippen LogP contribution in [0, 0.1) is 0 Å². The first-order valence-corrected chi connectivity index (χ1v) is 11.7. The van der Waals surface area contributed by atoms with Gasteiger partial charge in [-0.1, -0.05) is 66.7 Å². The molecule has 6 heteroatoms. The zero-order chi connectivity index (χ0) is 25.2. The Hall–Kier alpha value is -4.45. The van der Waals surface area contributed by atoms with E-state index in [-0.39, 0.29) is 53.6 Å². The fraction of sp³-hybridized carbons (Fsp3) is 0.167. The van der Waals surface area contributed by atoms with E-state index in [9.17, 15) is 20.1 Å². The van der Waals surface area contributed by atoms with Gasteiger partial charge >= 0.3 is 0 Å². The molecular formula is C30H26O6. The van der Waals surface area contributed by atoms with Gasteiger partial charge in [-0.05, 0) is 28.8 Å². The van der Waals surface area contributed by atoms with Gasteiger partial charge in [-0.15, -0.1) is 0 Å². The van der Waals surface area contributed by atoms with Gasteiger partial charge < -0.3 is 24.8 Å². The second-order valence-corrected chi connectivity index (χ2v) is 8.80. The van der Waals surface area contributed by atoms with E-state index in [1.165, 1.54) is 7.11 Å². The highest BCUT2D eigenvalue weighted by Crippen LogP contribution is 2.50. The Kier molecular flexibility index (Phi) is 6.25. The number of phenolic OH excluding ortho intramolecular Hbond substituents is 3. The van der Waals surface area contributed by atoms with Crippen LogP contribution < -0.4 is 9.47 Å². The normalized spacial score (nSPS) is 14.7. The third kappa shape index (κ3) is 4.22. The molecule has 1 atom stereocenters. The van der Waals surface area contributed by atoms with Crippen LogP contribution in [0.3, 0.4) is 0 Å². The van der Waals surface area contributed by atoms with E-state index in [4.69, 9.17) is 9.47 Å². The van der Waals surface area contributed by atoms with Crippen LogP contribution >= 0.6 is 0 Å². The molecule has 0 amide bonds. The van der Waals surface area contributed by atoms with Crippen molar-refractivity contribution in [3.8, 4) is 28.7 Å². The number of methoxy groups -OCH3 is 1. The highest BCUT2D eigenvalue weighted by Gasteiger charge is 2.36. The van der Waals surface area contributed by atoms with E-state index in [2.05, 4.69) is 0 Å². The standard InChI is InChI=1S/C30H26O6/c1-35-29-21(15-19-11-5-7-13-23(19)31)28(34)27-25(33)17-26(18-9-3-2-4-10-18)36-30(27)22(29)16-20-12-6-8-14-24(20)32/h2-14,26,31-32,34H,15-17H2,1H3. The Morgan fingerprint density at radius 2 is 1.36 bits per heavy atom. The van der Waals surface area contributed by atoms with Crippen LogP contribution in [0.25, 0.3) is 0 Å². The molecule has 0 bridgehead atoms. The monoisotopic (exact) mass is 482 g/mol. The summed E-state index contributed by atoms with van der Waals surface area (Å²) in [6, 6.07) is 23.2. The number of hydrogen-bond donors (Lipinski definition) is 3. The minimum Gasteiger partial charge on any atom is -0.508 e. The number of aromatic hydroxyl groups is 3. The molecule has 1 heterocycles. The molecule has 0 saturated heterocycles. The number of carbonyl (C=O) groups excluding carboxylic acids is 1. The van der Waals surface area contributed by atoms with Gasteiger partial charge in [0.05, 0.1) is 13.5 Å². The van der Waals surface area contributed by atoms with Gasteiger partial charge in [-0.25, -0.2) is 0 Å². The third-order valence-electron chi connectivity index (χ3n) is 6.57. The van der Waals surface area contributed by atoms with Crippen molar-refractivity contribution in [3.63, 3.8) is 0 Å². The lowest BCUT2D eigenvalue weighted by atomic mass is 9.87. The van der Waals surface area contributed by atoms with Crippen LogP contribution in [0.4, 0.5) is 0 Å². The molecule has 3 N–H and O–H groups in total. The summed E-state index contributed by atoms with van der Waals surface area (Å²) in [6.45, 7) is 0. The Morgan fingerprint density at radius 1 is 0.806 bits per heavy atom. The van der Waals surface area contributed by atoms with Crippen molar-refractivity contribution < 1.29 is 29.6 Å². The van der Waals surface area contributed by atoms with Crippen molar-refractivity contribution in [3.05, 3.63) is 112 Å². The molecule has 0 radical (unpaired) electrons. The molecule has 6 nitrogen and oxygen atoms in total. The molecule has 1 aliphatic rings. The molecular weight excluding hydrogens is 456 g/mol. The fourth-order valence-corrected chi connectivity index (χ4v) is 4.77. The van der Waals surface area contributed by atoms with Crippen LogP contribution in [0.5, 0.6) is 28.7 Å². The second-order valence-electron chi connectivity index (χ2n) is 8.80. The Balaban J connectivity index is 1.71. The SMILES string of the molecule is COc1c(Cc2ccccc2O)c(O)c2c(c1Cc1ccccc1O)OC(c1ccccc1)CC2=O. The number of carbonyl (C=O) groups is 1. The molecule has 4 aromatic carbocycles. The molecule has 0 aromatic heterocycles. The van der Waals surface area contributed by atoms with Crippen molar-refractivity contribution in [1.29, 1.82) is 0 Å². The molecule has 1 unspecified atom stereocenters. The largest absolute Gasteiger partial charge is 0.508 e. The summed E-state index contributed by atoms with van der Waals surface area (Å²) in [5.41, 5.74) is 3.06. The van der Waals surface area contributed by atoms with Gasteiger partial charge in [-0.2, -0.15) is 0 Å². The number of Topliss-reactive ketones (excluding diaryl/α,β-unsaturated/α-hetero) is 1. The number of ether oxygens (including phenoxy) is 2. The number of benzene rings is 4. The van der Waals surface area contributed by atoms with E-state index in [0.717, 1.165) is 5.56 Å². The average molecular weight is 483 g/mol. The number of ketones is 1. The fourth-order valence-electron chi connectivity index (χ4n) is 4.77. The van der Waals surface area contributed by atoms with Crippen LogP contribution in [0.2, 0.25) is 0 Å². The summed E-state index contributed by atoms with van der Waals surface area (Å²) in [7, 11) is 1.49. The lowest BCUT2D eigenvalue weighted by Crippen LogP contribution is -2.23. The van der Waals surface area contributed by atoms with E-state index in [0.29, 0.717) is 28.0 Å². The Labute approximate surface area is 209 Å². The molecule has 0 spiro atoms. The van der Waals surface area contributed by atoms with Crippen molar-refractivity contribution in [2.24, 2.45) is 0 Å². The zero-order valence-electron chi connectivity index (χ0n) is 19.8. The maximum Gasteiger partial charge on any atom is 0.174 e. The summed E-state index contributed by atoms with van der Waals surface area (Å²) in [5.74, 6) is 0.305. The smallest absolute Gasteiger partial charge is 0.174 e. The summed E-state index contributed by atoms with van der Waals surface area (Å²) in [4.78, 5) is 13.5. The quantitative estimate of drug-likeness (QED) is 0.326. The van der Waals surface area contributed by atoms with Gasteiger partial charge in [0.1, 0.15) is 40.4 Å². The lowest BCUT2D eigenvalue weighted by molar-refractivity contribution is 0.0842. The Morgan fingerprint density at radius 3 is 1.94 bits per heavy atom. The molecule has 182 valence electrons. The second kappa shape index (κ2) is 9.66. The summed E-state index contributed by atoms with van der Waals surface area (Å²) < 4.78 is 12.2. The number of para-hydroxylation sites is 2. The van der Waals surface area contributed by atoms with Crippen molar-refractivity contribution in [1.82, 2.24) is 0 Å². The lowest BCUT2D eigenvalue weighted by Gasteiger charge is -2.30. The number of hydrogen-bond acceptors (Lipinski definition) is 6. The van der Waals surface area contributed by atoms with Crippen molar-refractivity contribution >= 4 is 5.78 Å².